The Hall–Kier alpha value is -1.75. The van der Waals surface area contributed by atoms with Crippen LogP contribution in [0.4, 0.5) is 5.69 Å². The van der Waals surface area contributed by atoms with Crippen molar-refractivity contribution in [2.45, 2.75) is 25.8 Å². The van der Waals surface area contributed by atoms with Gasteiger partial charge in [-0.05, 0) is 31.9 Å². The molecule has 1 aliphatic rings. The Kier molecular flexibility index (Phi) is 4.63. The molecule has 0 aliphatic carbocycles. The van der Waals surface area contributed by atoms with Gasteiger partial charge < -0.3 is 20.5 Å². The topological polar surface area (TPSA) is 73.6 Å². The van der Waals surface area contributed by atoms with Crippen LogP contribution in [-0.2, 0) is 9.53 Å². The molecule has 1 fully saturated rings. The van der Waals surface area contributed by atoms with Crippen molar-refractivity contribution in [2.75, 3.05) is 25.6 Å². The summed E-state index contributed by atoms with van der Waals surface area (Å²) < 4.78 is 10.7. The number of carbonyl (C=O) groups is 1. The molecule has 3 N–H and O–H groups in total. The Morgan fingerprint density at radius 1 is 1.47 bits per heavy atom. The smallest absolute Gasteiger partial charge is 0.258 e. The van der Waals surface area contributed by atoms with Gasteiger partial charge in [-0.25, -0.2) is 0 Å². The van der Waals surface area contributed by atoms with Crippen molar-refractivity contribution in [1.29, 1.82) is 0 Å². The molecule has 1 saturated heterocycles. The summed E-state index contributed by atoms with van der Waals surface area (Å²) in [5, 5.41) is 2.95. The highest BCUT2D eigenvalue weighted by molar-refractivity contribution is 5.78. The van der Waals surface area contributed by atoms with E-state index in [2.05, 4.69) is 5.32 Å². The van der Waals surface area contributed by atoms with Crippen molar-refractivity contribution in [3.8, 4) is 5.75 Å². The van der Waals surface area contributed by atoms with E-state index >= 15 is 0 Å². The molecule has 1 aromatic rings. The number of benzene rings is 1. The summed E-state index contributed by atoms with van der Waals surface area (Å²) in [4.78, 5) is 11.8. The van der Waals surface area contributed by atoms with E-state index in [1.165, 1.54) is 0 Å². The number of hydrogen-bond donors (Lipinski definition) is 2. The zero-order chi connectivity index (χ0) is 13.7. The predicted molar refractivity (Wildman–Crippen MR) is 73.1 cm³/mol. The number of rotatable bonds is 4. The Morgan fingerprint density at radius 3 is 2.95 bits per heavy atom. The van der Waals surface area contributed by atoms with Crippen LogP contribution in [0.5, 0.6) is 5.75 Å². The van der Waals surface area contributed by atoms with Crippen LogP contribution in [0.25, 0.3) is 0 Å². The molecule has 0 atom stereocenters. The second-order valence-corrected chi connectivity index (χ2v) is 4.71. The molecule has 0 saturated carbocycles. The normalized spacial score (nSPS) is 16.1. The highest BCUT2D eigenvalue weighted by Gasteiger charge is 2.16. The number of amides is 1. The monoisotopic (exact) mass is 264 g/mol. The Morgan fingerprint density at radius 2 is 2.21 bits per heavy atom. The molecule has 19 heavy (non-hydrogen) atoms. The van der Waals surface area contributed by atoms with Crippen molar-refractivity contribution < 1.29 is 14.3 Å². The molecule has 0 unspecified atom stereocenters. The molecule has 1 amide bonds. The maximum absolute atomic E-state index is 11.8. The van der Waals surface area contributed by atoms with Gasteiger partial charge in [0.1, 0.15) is 5.75 Å². The fourth-order valence-corrected chi connectivity index (χ4v) is 2.04. The number of hydrogen-bond acceptors (Lipinski definition) is 4. The Labute approximate surface area is 113 Å². The van der Waals surface area contributed by atoms with E-state index in [1.54, 1.807) is 0 Å². The van der Waals surface area contributed by atoms with Crippen LogP contribution >= 0.6 is 0 Å². The molecule has 2 rings (SSSR count). The van der Waals surface area contributed by atoms with Crippen LogP contribution < -0.4 is 15.8 Å². The molecule has 1 aliphatic heterocycles. The summed E-state index contributed by atoms with van der Waals surface area (Å²) in [7, 11) is 0. The first kappa shape index (κ1) is 13.7. The number of nitrogen functional groups attached to an aromatic ring is 1. The third-order valence-electron chi connectivity index (χ3n) is 3.27. The van der Waals surface area contributed by atoms with Crippen LogP contribution in [-0.4, -0.2) is 31.8 Å². The second-order valence-electron chi connectivity index (χ2n) is 4.71. The molecule has 0 spiro atoms. The first-order valence-electron chi connectivity index (χ1n) is 6.52. The zero-order valence-corrected chi connectivity index (χ0v) is 11.1. The SMILES string of the molecule is Cc1c(N)cccc1OCC(=O)NC1CCOCC1. The van der Waals surface area contributed by atoms with E-state index < -0.39 is 0 Å². The molecule has 1 heterocycles. The maximum atomic E-state index is 11.8. The van der Waals surface area contributed by atoms with Crippen molar-refractivity contribution >= 4 is 11.6 Å². The summed E-state index contributed by atoms with van der Waals surface area (Å²) in [6.45, 7) is 3.31. The highest BCUT2D eigenvalue weighted by atomic mass is 16.5. The zero-order valence-electron chi connectivity index (χ0n) is 11.1. The Balaban J connectivity index is 1.81. The summed E-state index contributed by atoms with van der Waals surface area (Å²) >= 11 is 0. The van der Waals surface area contributed by atoms with Gasteiger partial charge in [-0.15, -0.1) is 0 Å². The van der Waals surface area contributed by atoms with Crippen molar-refractivity contribution in [3.05, 3.63) is 23.8 Å². The lowest BCUT2D eigenvalue weighted by atomic mass is 10.1. The lowest BCUT2D eigenvalue weighted by Gasteiger charge is -2.23. The minimum Gasteiger partial charge on any atom is -0.483 e. The van der Waals surface area contributed by atoms with Crippen LogP contribution in [0, 0.1) is 6.92 Å². The van der Waals surface area contributed by atoms with E-state index in [1.807, 2.05) is 25.1 Å². The molecule has 0 bridgehead atoms. The van der Waals surface area contributed by atoms with Crippen molar-refractivity contribution in [3.63, 3.8) is 0 Å². The molecular formula is C14H20N2O3. The minimum atomic E-state index is -0.103. The first-order chi connectivity index (χ1) is 9.16. The van der Waals surface area contributed by atoms with Gasteiger partial charge in [0.05, 0.1) is 0 Å². The number of nitrogens with one attached hydrogen (secondary N) is 1. The van der Waals surface area contributed by atoms with E-state index in [0.717, 1.165) is 18.4 Å². The molecule has 5 heteroatoms. The Bertz CT molecular complexity index is 442. The number of nitrogens with two attached hydrogens (primary N) is 1. The van der Waals surface area contributed by atoms with Gasteiger partial charge in [-0.1, -0.05) is 6.07 Å². The van der Waals surface area contributed by atoms with Crippen LogP contribution in [0.15, 0.2) is 18.2 Å². The van der Waals surface area contributed by atoms with Gasteiger partial charge in [0.15, 0.2) is 6.61 Å². The lowest BCUT2D eigenvalue weighted by Crippen LogP contribution is -2.41. The van der Waals surface area contributed by atoms with E-state index in [4.69, 9.17) is 15.2 Å². The lowest BCUT2D eigenvalue weighted by molar-refractivity contribution is -0.124. The van der Waals surface area contributed by atoms with Crippen LogP contribution in [0.1, 0.15) is 18.4 Å². The largest absolute Gasteiger partial charge is 0.483 e. The number of ether oxygens (including phenoxy) is 2. The maximum Gasteiger partial charge on any atom is 0.258 e. The van der Waals surface area contributed by atoms with Gasteiger partial charge >= 0.3 is 0 Å². The van der Waals surface area contributed by atoms with Gasteiger partial charge in [-0.3, -0.25) is 4.79 Å². The van der Waals surface area contributed by atoms with Crippen LogP contribution in [0.2, 0.25) is 0 Å². The molecule has 104 valence electrons. The van der Waals surface area contributed by atoms with Crippen molar-refractivity contribution in [2.24, 2.45) is 0 Å². The van der Waals surface area contributed by atoms with Gasteiger partial charge in [-0.2, -0.15) is 0 Å². The third kappa shape index (κ3) is 3.86. The van der Waals surface area contributed by atoms with Gasteiger partial charge in [0.25, 0.3) is 5.91 Å². The highest BCUT2D eigenvalue weighted by Crippen LogP contribution is 2.22. The van der Waals surface area contributed by atoms with Gasteiger partial charge in [0.2, 0.25) is 0 Å². The summed E-state index contributed by atoms with van der Waals surface area (Å²) in [5.74, 6) is 0.552. The molecule has 0 aromatic heterocycles. The average Bonchev–Trinajstić information content (AvgIpc) is 2.42. The molecule has 1 aromatic carbocycles. The molecule has 5 nitrogen and oxygen atoms in total. The summed E-state index contributed by atoms with van der Waals surface area (Å²) in [6, 6.07) is 5.64. The fraction of sp³-hybridized carbons (Fsp3) is 0.500. The third-order valence-corrected chi connectivity index (χ3v) is 3.27. The fourth-order valence-electron chi connectivity index (χ4n) is 2.04. The first-order valence-corrected chi connectivity index (χ1v) is 6.52. The van der Waals surface area contributed by atoms with E-state index in [9.17, 15) is 4.79 Å². The molecular weight excluding hydrogens is 244 g/mol. The van der Waals surface area contributed by atoms with Crippen molar-refractivity contribution in [1.82, 2.24) is 5.32 Å². The molecule has 0 radical (unpaired) electrons. The van der Waals surface area contributed by atoms with Gasteiger partial charge in [0, 0.05) is 30.5 Å². The standard InChI is InChI=1S/C14H20N2O3/c1-10-12(15)3-2-4-13(10)19-9-14(17)16-11-5-7-18-8-6-11/h2-4,11H,5-9,15H2,1H3,(H,16,17). The predicted octanol–water partition coefficient (Wildman–Crippen LogP) is 1.25. The minimum absolute atomic E-state index is 0.0155. The average molecular weight is 264 g/mol. The van der Waals surface area contributed by atoms with E-state index in [0.29, 0.717) is 24.7 Å². The summed E-state index contributed by atoms with van der Waals surface area (Å²) in [6.07, 6.45) is 1.73. The second kappa shape index (κ2) is 6.43. The number of anilines is 1. The van der Waals surface area contributed by atoms with Crippen LogP contribution in [0.3, 0.4) is 0 Å². The summed E-state index contributed by atoms with van der Waals surface area (Å²) in [5.41, 5.74) is 7.31. The number of carbonyl (C=O) groups excluding carboxylic acids is 1. The quantitative estimate of drug-likeness (QED) is 0.803. The van der Waals surface area contributed by atoms with E-state index in [-0.39, 0.29) is 18.6 Å².